The van der Waals surface area contributed by atoms with Gasteiger partial charge in [0.2, 0.25) is 6.41 Å². The average molecular weight is 193 g/mol. The lowest BCUT2D eigenvalue weighted by Gasteiger charge is -1.94. The minimum Gasteiger partial charge on any atom is -0.313 e. The van der Waals surface area contributed by atoms with E-state index in [1.165, 1.54) is 6.20 Å². The summed E-state index contributed by atoms with van der Waals surface area (Å²) in [4.78, 5) is 13.7. The van der Waals surface area contributed by atoms with Gasteiger partial charge >= 0.3 is 0 Å². The molecule has 0 atom stereocenters. The standard InChI is InChI=1S/C6H5ClN2O.ClH/c7-5-1-2-8-6(3-5)9-4-10;/h1-4H,(H,8,9,10);1H. The van der Waals surface area contributed by atoms with Crippen molar-refractivity contribution in [2.75, 3.05) is 5.32 Å². The van der Waals surface area contributed by atoms with E-state index in [2.05, 4.69) is 10.3 Å². The summed E-state index contributed by atoms with van der Waals surface area (Å²) in [5.74, 6) is 0.461. The number of carbonyl (C=O) groups is 1. The van der Waals surface area contributed by atoms with E-state index in [1.54, 1.807) is 12.1 Å². The molecule has 0 spiro atoms. The van der Waals surface area contributed by atoms with Gasteiger partial charge in [-0.25, -0.2) is 4.98 Å². The molecule has 0 saturated carbocycles. The Morgan fingerprint density at radius 3 is 2.91 bits per heavy atom. The van der Waals surface area contributed by atoms with Gasteiger partial charge in [-0.1, -0.05) is 11.6 Å². The van der Waals surface area contributed by atoms with Gasteiger partial charge in [0, 0.05) is 11.2 Å². The summed E-state index contributed by atoms with van der Waals surface area (Å²) in [6.07, 6.45) is 2.08. The quantitative estimate of drug-likeness (QED) is 0.726. The molecule has 11 heavy (non-hydrogen) atoms. The molecule has 0 aliphatic carbocycles. The van der Waals surface area contributed by atoms with Crippen LogP contribution < -0.4 is 5.32 Å². The number of pyridine rings is 1. The van der Waals surface area contributed by atoms with Crippen LogP contribution in [-0.2, 0) is 4.79 Å². The van der Waals surface area contributed by atoms with Crippen molar-refractivity contribution in [3.8, 4) is 0 Å². The normalized spacial score (nSPS) is 8.09. The maximum atomic E-state index is 9.89. The van der Waals surface area contributed by atoms with E-state index < -0.39 is 0 Å². The molecule has 1 N–H and O–H groups in total. The Labute approximate surface area is 75.2 Å². The van der Waals surface area contributed by atoms with Gasteiger partial charge in [0.25, 0.3) is 0 Å². The lowest BCUT2D eigenvalue weighted by Crippen LogP contribution is -1.95. The lowest BCUT2D eigenvalue weighted by molar-refractivity contribution is -0.105. The van der Waals surface area contributed by atoms with Gasteiger partial charge in [-0.15, -0.1) is 12.4 Å². The second-order valence-corrected chi connectivity index (χ2v) is 2.06. The molecule has 1 rings (SSSR count). The van der Waals surface area contributed by atoms with E-state index in [0.717, 1.165) is 0 Å². The third-order valence-corrected chi connectivity index (χ3v) is 1.16. The summed E-state index contributed by atoms with van der Waals surface area (Å²) >= 11 is 5.58. The van der Waals surface area contributed by atoms with Crippen LogP contribution in [-0.4, -0.2) is 11.4 Å². The van der Waals surface area contributed by atoms with Crippen LogP contribution in [0.2, 0.25) is 5.02 Å². The van der Waals surface area contributed by atoms with Crippen LogP contribution in [0.3, 0.4) is 0 Å². The summed E-state index contributed by atoms with van der Waals surface area (Å²) in [5.41, 5.74) is 0. The highest BCUT2D eigenvalue weighted by atomic mass is 35.5. The minimum atomic E-state index is 0. The molecule has 0 radical (unpaired) electrons. The predicted molar refractivity (Wildman–Crippen MR) is 46.2 cm³/mol. The van der Waals surface area contributed by atoms with Gasteiger partial charge in [-0.05, 0) is 12.1 Å². The first-order valence-corrected chi connectivity index (χ1v) is 3.02. The van der Waals surface area contributed by atoms with Crippen molar-refractivity contribution >= 4 is 36.2 Å². The van der Waals surface area contributed by atoms with Crippen molar-refractivity contribution in [1.82, 2.24) is 4.98 Å². The summed E-state index contributed by atoms with van der Waals surface area (Å²) in [5, 5.41) is 2.93. The maximum absolute atomic E-state index is 9.89. The zero-order chi connectivity index (χ0) is 7.40. The SMILES string of the molecule is Cl.O=CNc1cc(Cl)ccn1. The molecule has 0 aliphatic rings. The fourth-order valence-corrected chi connectivity index (χ4v) is 0.704. The molecule has 1 aromatic rings. The van der Waals surface area contributed by atoms with Gasteiger partial charge in [0.05, 0.1) is 0 Å². The molecule has 0 saturated heterocycles. The van der Waals surface area contributed by atoms with Crippen LogP contribution in [0.15, 0.2) is 18.3 Å². The molecule has 1 aromatic heterocycles. The Balaban J connectivity index is 0.000001000. The number of halogens is 2. The van der Waals surface area contributed by atoms with Crippen molar-refractivity contribution < 1.29 is 4.79 Å². The molecule has 3 nitrogen and oxygen atoms in total. The highest BCUT2D eigenvalue weighted by Gasteiger charge is 1.90. The van der Waals surface area contributed by atoms with Crippen LogP contribution in [0, 0.1) is 0 Å². The Morgan fingerprint density at radius 2 is 2.36 bits per heavy atom. The first kappa shape index (κ1) is 10.2. The zero-order valence-electron chi connectivity index (χ0n) is 5.45. The summed E-state index contributed by atoms with van der Waals surface area (Å²) in [7, 11) is 0. The molecule has 0 aromatic carbocycles. The van der Waals surface area contributed by atoms with Crippen molar-refractivity contribution in [2.24, 2.45) is 0 Å². The van der Waals surface area contributed by atoms with Gasteiger partial charge in [0.1, 0.15) is 5.82 Å². The second kappa shape index (κ2) is 4.93. The molecule has 0 aliphatic heterocycles. The average Bonchev–Trinajstić information content (AvgIpc) is 1.88. The van der Waals surface area contributed by atoms with Crippen LogP contribution in [0.5, 0.6) is 0 Å². The van der Waals surface area contributed by atoms with E-state index in [-0.39, 0.29) is 12.4 Å². The summed E-state index contributed by atoms with van der Waals surface area (Å²) in [6.45, 7) is 0. The lowest BCUT2D eigenvalue weighted by atomic mass is 10.5. The molecule has 5 heteroatoms. The van der Waals surface area contributed by atoms with Gasteiger partial charge in [-0.3, -0.25) is 4.79 Å². The fraction of sp³-hybridized carbons (Fsp3) is 0. The number of amides is 1. The van der Waals surface area contributed by atoms with Crippen molar-refractivity contribution in [1.29, 1.82) is 0 Å². The van der Waals surface area contributed by atoms with E-state index in [0.29, 0.717) is 17.3 Å². The van der Waals surface area contributed by atoms with Crippen molar-refractivity contribution in [2.45, 2.75) is 0 Å². The predicted octanol–water partition coefficient (Wildman–Crippen LogP) is 1.73. The molecular formula is C6H6Cl2N2O. The third-order valence-electron chi connectivity index (χ3n) is 0.929. The van der Waals surface area contributed by atoms with Crippen LogP contribution in [0.1, 0.15) is 0 Å². The van der Waals surface area contributed by atoms with Crippen LogP contribution in [0.4, 0.5) is 5.82 Å². The smallest absolute Gasteiger partial charge is 0.212 e. The molecule has 0 bridgehead atoms. The fourth-order valence-electron chi connectivity index (χ4n) is 0.544. The first-order chi connectivity index (χ1) is 4.83. The largest absolute Gasteiger partial charge is 0.313 e. The number of carbonyl (C=O) groups excluding carboxylic acids is 1. The number of anilines is 1. The number of nitrogens with one attached hydrogen (secondary N) is 1. The van der Waals surface area contributed by atoms with Crippen LogP contribution >= 0.6 is 24.0 Å². The summed E-state index contributed by atoms with van der Waals surface area (Å²) < 4.78 is 0. The number of hydrogen-bond donors (Lipinski definition) is 1. The molecule has 60 valence electrons. The van der Waals surface area contributed by atoms with E-state index in [4.69, 9.17) is 11.6 Å². The first-order valence-electron chi connectivity index (χ1n) is 2.64. The van der Waals surface area contributed by atoms with E-state index >= 15 is 0 Å². The second-order valence-electron chi connectivity index (χ2n) is 1.62. The van der Waals surface area contributed by atoms with Gasteiger partial charge in [-0.2, -0.15) is 0 Å². The third kappa shape index (κ3) is 3.20. The number of nitrogens with zero attached hydrogens (tertiary/aromatic N) is 1. The van der Waals surface area contributed by atoms with Crippen molar-refractivity contribution in [3.63, 3.8) is 0 Å². The van der Waals surface area contributed by atoms with Gasteiger partial charge < -0.3 is 5.32 Å². The minimum absolute atomic E-state index is 0. The van der Waals surface area contributed by atoms with Crippen molar-refractivity contribution in [3.05, 3.63) is 23.4 Å². The van der Waals surface area contributed by atoms with E-state index in [9.17, 15) is 4.79 Å². The molecule has 1 heterocycles. The Hall–Kier alpha value is -0.800. The Morgan fingerprint density at radius 1 is 1.64 bits per heavy atom. The molecular weight excluding hydrogens is 187 g/mol. The maximum Gasteiger partial charge on any atom is 0.212 e. The van der Waals surface area contributed by atoms with Crippen LogP contribution in [0.25, 0.3) is 0 Å². The molecule has 0 unspecified atom stereocenters. The number of rotatable bonds is 2. The number of hydrogen-bond acceptors (Lipinski definition) is 2. The monoisotopic (exact) mass is 192 g/mol. The highest BCUT2D eigenvalue weighted by Crippen LogP contribution is 2.10. The molecule has 0 fully saturated rings. The highest BCUT2D eigenvalue weighted by molar-refractivity contribution is 6.30. The topological polar surface area (TPSA) is 42.0 Å². The van der Waals surface area contributed by atoms with Gasteiger partial charge in [0.15, 0.2) is 0 Å². The Kier molecular flexibility index (Phi) is 4.57. The zero-order valence-corrected chi connectivity index (χ0v) is 7.02. The van der Waals surface area contributed by atoms with E-state index in [1.807, 2.05) is 0 Å². The Bertz CT molecular complexity index is 242. The summed E-state index contributed by atoms with van der Waals surface area (Å²) in [6, 6.07) is 3.20. The molecule has 1 amide bonds. The number of aromatic nitrogens is 1.